The average Bonchev–Trinajstić information content (AvgIpc) is 2.93. The van der Waals surface area contributed by atoms with Gasteiger partial charge in [-0.25, -0.2) is 0 Å². The highest BCUT2D eigenvalue weighted by Crippen LogP contribution is 2.44. The summed E-state index contributed by atoms with van der Waals surface area (Å²) in [4.78, 5) is 0. The van der Waals surface area contributed by atoms with Gasteiger partial charge in [0.25, 0.3) is 0 Å². The zero-order valence-corrected chi connectivity index (χ0v) is 16.4. The van der Waals surface area contributed by atoms with Crippen molar-refractivity contribution < 1.29 is 0 Å². The van der Waals surface area contributed by atoms with E-state index >= 15 is 0 Å². The number of hydrogen-bond donors (Lipinski definition) is 0. The molecule has 25 heavy (non-hydrogen) atoms. The van der Waals surface area contributed by atoms with Crippen LogP contribution in [0.1, 0.15) is 77.0 Å². The maximum Gasteiger partial charge on any atom is 0.0167 e. The first-order valence-corrected chi connectivity index (χ1v) is 9.76. The molecular formula is C25H31. The van der Waals surface area contributed by atoms with Crippen molar-refractivity contribution in [3.05, 3.63) is 71.1 Å². The zero-order valence-electron chi connectivity index (χ0n) is 16.4. The molecule has 0 aliphatic heterocycles. The number of allylic oxidation sites excluding steroid dienone is 2. The standard InChI is InChI=1S/C25H31/c1-6-9-19-17-20-11-8-12-23(24(20)22(19)10-7-2)18-13-15-21(16-14-18)25(3,4)5/h8,11-17H,6-7,9-10H2,1-5H3. The first kappa shape index (κ1) is 18.0. The van der Waals surface area contributed by atoms with Gasteiger partial charge in [-0.2, -0.15) is 0 Å². The number of fused-ring (bicyclic) bond motifs is 1. The Kier molecular flexibility index (Phi) is 5.18. The molecule has 0 saturated heterocycles. The molecule has 0 nitrogen and oxygen atoms in total. The monoisotopic (exact) mass is 331 g/mol. The third kappa shape index (κ3) is 3.59. The fraction of sp³-hybridized carbons (Fsp3) is 0.400. The molecular weight excluding hydrogens is 300 g/mol. The van der Waals surface area contributed by atoms with Gasteiger partial charge in [0, 0.05) is 6.42 Å². The van der Waals surface area contributed by atoms with Gasteiger partial charge < -0.3 is 0 Å². The molecule has 0 aromatic heterocycles. The number of benzene rings is 2. The lowest BCUT2D eigenvalue weighted by molar-refractivity contribution is 0.590. The lowest BCUT2D eigenvalue weighted by atomic mass is 9.85. The first-order valence-electron chi connectivity index (χ1n) is 9.76. The molecule has 0 unspecified atom stereocenters. The van der Waals surface area contributed by atoms with Gasteiger partial charge in [-0.05, 0) is 51.6 Å². The minimum absolute atomic E-state index is 0.201. The largest absolute Gasteiger partial charge is 0.0651 e. The number of rotatable bonds is 5. The zero-order chi connectivity index (χ0) is 18.0. The normalized spacial score (nSPS) is 14.1. The maximum absolute atomic E-state index is 2.43. The van der Waals surface area contributed by atoms with E-state index < -0.39 is 0 Å². The third-order valence-corrected chi connectivity index (χ3v) is 5.20. The summed E-state index contributed by atoms with van der Waals surface area (Å²) in [6, 6.07) is 16.0. The summed E-state index contributed by atoms with van der Waals surface area (Å²) in [6.07, 6.45) is 7.20. The van der Waals surface area contributed by atoms with Crippen molar-refractivity contribution in [2.75, 3.05) is 0 Å². The smallest absolute Gasteiger partial charge is 0.0167 e. The molecule has 0 bridgehead atoms. The van der Waals surface area contributed by atoms with E-state index in [1.54, 1.807) is 11.1 Å². The van der Waals surface area contributed by atoms with Crippen LogP contribution in [0.15, 0.2) is 48.0 Å². The molecule has 1 aliphatic carbocycles. The van der Waals surface area contributed by atoms with Crippen molar-refractivity contribution in [3.8, 4) is 11.1 Å². The SMILES string of the molecule is CCCC1=C(CCC)c2c(cccc2-c2ccc(C(C)(C)C)cc2)[CH]1. The molecule has 131 valence electrons. The second kappa shape index (κ2) is 7.20. The van der Waals surface area contributed by atoms with Crippen LogP contribution in [-0.2, 0) is 5.41 Å². The van der Waals surface area contributed by atoms with Crippen molar-refractivity contribution in [1.29, 1.82) is 0 Å². The van der Waals surface area contributed by atoms with Crippen molar-refractivity contribution in [1.82, 2.24) is 0 Å². The predicted molar refractivity (Wildman–Crippen MR) is 111 cm³/mol. The minimum atomic E-state index is 0.201. The van der Waals surface area contributed by atoms with Crippen molar-refractivity contribution in [2.45, 2.75) is 65.7 Å². The predicted octanol–water partition coefficient (Wildman–Crippen LogP) is 7.57. The lowest BCUT2D eigenvalue weighted by Gasteiger charge is -2.20. The van der Waals surface area contributed by atoms with Crippen molar-refractivity contribution in [3.63, 3.8) is 0 Å². The topological polar surface area (TPSA) is 0 Å². The van der Waals surface area contributed by atoms with E-state index in [0.29, 0.717) is 0 Å². The third-order valence-electron chi connectivity index (χ3n) is 5.20. The molecule has 0 heterocycles. The Morgan fingerprint density at radius 2 is 1.48 bits per heavy atom. The van der Waals surface area contributed by atoms with Crippen molar-refractivity contribution >= 4 is 5.57 Å². The highest BCUT2D eigenvalue weighted by atomic mass is 14.3. The highest BCUT2D eigenvalue weighted by molar-refractivity contribution is 5.90. The van der Waals surface area contributed by atoms with Crippen LogP contribution in [0, 0.1) is 6.42 Å². The summed E-state index contributed by atoms with van der Waals surface area (Å²) in [6.45, 7) is 11.4. The van der Waals surface area contributed by atoms with Gasteiger partial charge in [-0.15, -0.1) is 0 Å². The fourth-order valence-corrected chi connectivity index (χ4v) is 3.88. The van der Waals surface area contributed by atoms with E-state index in [4.69, 9.17) is 0 Å². The second-order valence-corrected chi connectivity index (χ2v) is 8.25. The van der Waals surface area contributed by atoms with Gasteiger partial charge in [0.1, 0.15) is 0 Å². The Balaban J connectivity index is 2.07. The summed E-state index contributed by atoms with van der Waals surface area (Å²) in [5.74, 6) is 0. The molecule has 1 aliphatic rings. The molecule has 0 amide bonds. The van der Waals surface area contributed by atoms with Crippen LogP contribution < -0.4 is 0 Å². The van der Waals surface area contributed by atoms with Gasteiger partial charge >= 0.3 is 0 Å². The Morgan fingerprint density at radius 3 is 2.08 bits per heavy atom. The quantitative estimate of drug-likeness (QED) is 0.530. The average molecular weight is 332 g/mol. The van der Waals surface area contributed by atoms with Gasteiger partial charge in [0.15, 0.2) is 0 Å². The molecule has 0 saturated carbocycles. The van der Waals surface area contributed by atoms with E-state index in [1.165, 1.54) is 53.5 Å². The Morgan fingerprint density at radius 1 is 0.800 bits per heavy atom. The summed E-state index contributed by atoms with van der Waals surface area (Å²) in [5, 5.41) is 0. The van der Waals surface area contributed by atoms with Crippen LogP contribution in [-0.4, -0.2) is 0 Å². The highest BCUT2D eigenvalue weighted by Gasteiger charge is 2.24. The summed E-state index contributed by atoms with van der Waals surface area (Å²) >= 11 is 0. The molecule has 0 heteroatoms. The Labute approximate surface area is 154 Å². The molecule has 2 aromatic carbocycles. The molecule has 0 fully saturated rings. The van der Waals surface area contributed by atoms with E-state index in [2.05, 4.69) is 83.5 Å². The van der Waals surface area contributed by atoms with Crippen LogP contribution in [0.25, 0.3) is 16.7 Å². The Hall–Kier alpha value is -1.82. The lowest BCUT2D eigenvalue weighted by Crippen LogP contribution is -2.10. The van der Waals surface area contributed by atoms with E-state index in [9.17, 15) is 0 Å². The Bertz CT molecular complexity index is 767. The van der Waals surface area contributed by atoms with Gasteiger partial charge in [-0.3, -0.25) is 0 Å². The molecule has 2 aromatic rings. The molecule has 1 radical (unpaired) electrons. The first-order chi connectivity index (χ1) is 12.0. The van der Waals surface area contributed by atoms with E-state index in [-0.39, 0.29) is 5.41 Å². The number of hydrogen-bond acceptors (Lipinski definition) is 0. The summed E-state index contributed by atoms with van der Waals surface area (Å²) < 4.78 is 0. The van der Waals surface area contributed by atoms with Crippen LogP contribution >= 0.6 is 0 Å². The van der Waals surface area contributed by atoms with Gasteiger partial charge in [-0.1, -0.05) is 95.5 Å². The minimum Gasteiger partial charge on any atom is -0.0651 e. The second-order valence-electron chi connectivity index (χ2n) is 8.25. The van der Waals surface area contributed by atoms with Crippen LogP contribution in [0.5, 0.6) is 0 Å². The van der Waals surface area contributed by atoms with Crippen LogP contribution in [0.4, 0.5) is 0 Å². The van der Waals surface area contributed by atoms with E-state index in [0.717, 1.165) is 0 Å². The molecule has 0 spiro atoms. The fourth-order valence-electron chi connectivity index (χ4n) is 3.88. The van der Waals surface area contributed by atoms with Crippen molar-refractivity contribution in [2.24, 2.45) is 0 Å². The summed E-state index contributed by atoms with van der Waals surface area (Å²) in [5.41, 5.74) is 10.3. The van der Waals surface area contributed by atoms with Gasteiger partial charge in [0.2, 0.25) is 0 Å². The molecule has 0 N–H and O–H groups in total. The van der Waals surface area contributed by atoms with E-state index in [1.807, 2.05) is 0 Å². The van der Waals surface area contributed by atoms with Crippen LogP contribution in [0.2, 0.25) is 0 Å². The summed E-state index contributed by atoms with van der Waals surface area (Å²) in [7, 11) is 0. The maximum atomic E-state index is 2.43. The van der Waals surface area contributed by atoms with Gasteiger partial charge in [0.05, 0.1) is 0 Å². The molecule has 0 atom stereocenters. The van der Waals surface area contributed by atoms with Crippen LogP contribution in [0.3, 0.4) is 0 Å². The molecule has 3 rings (SSSR count).